The second-order valence-electron chi connectivity index (χ2n) is 8.73. The highest BCUT2D eigenvalue weighted by atomic mass is 28.4. The van der Waals surface area contributed by atoms with E-state index < -0.39 is 32.3 Å². The van der Waals surface area contributed by atoms with Crippen molar-refractivity contribution in [3.05, 3.63) is 71.1 Å². The molecule has 0 fully saturated rings. The zero-order chi connectivity index (χ0) is 25.2. The highest BCUT2D eigenvalue weighted by Crippen LogP contribution is 2.36. The van der Waals surface area contributed by atoms with Gasteiger partial charge in [-0.1, -0.05) is 86.5 Å². The minimum absolute atomic E-state index is 0.0425. The molecule has 0 aromatic heterocycles. The lowest BCUT2D eigenvalue weighted by atomic mass is 10.2. The van der Waals surface area contributed by atoms with Crippen molar-refractivity contribution in [2.75, 3.05) is 27.4 Å². The topological polar surface area (TPSA) is 123 Å². The Labute approximate surface area is 201 Å². The van der Waals surface area contributed by atoms with Gasteiger partial charge in [0.25, 0.3) is 8.32 Å². The molecule has 0 aliphatic carbocycles. The van der Waals surface area contributed by atoms with E-state index in [0.717, 1.165) is 10.4 Å². The third kappa shape index (κ3) is 6.24. The van der Waals surface area contributed by atoms with Gasteiger partial charge in [-0.25, -0.2) is 9.59 Å². The lowest BCUT2D eigenvalue weighted by Gasteiger charge is -2.43. The standard InChI is InChI=1S/C24H32N4O5Si/c1-24(2,3)34(19-12-8-6-9-13-19,20-14-10-7-11-15-20)33-17-18(16-26-28-25)27-21(22(29)31-4)23(30)32-5/h6-15,18,21,27H,16-17H2,1-5H3/t18-/m1/s1. The van der Waals surface area contributed by atoms with Gasteiger partial charge in [-0.3, -0.25) is 5.32 Å². The summed E-state index contributed by atoms with van der Waals surface area (Å²) in [5.41, 5.74) is 8.89. The lowest BCUT2D eigenvalue weighted by Crippen LogP contribution is -2.67. The number of hydrogen-bond acceptors (Lipinski definition) is 7. The monoisotopic (exact) mass is 484 g/mol. The number of nitrogens with one attached hydrogen (secondary N) is 1. The van der Waals surface area contributed by atoms with Gasteiger partial charge >= 0.3 is 11.9 Å². The minimum atomic E-state index is -2.88. The highest BCUT2D eigenvalue weighted by Gasteiger charge is 2.50. The molecule has 0 saturated carbocycles. The molecule has 1 atom stereocenters. The lowest BCUT2D eigenvalue weighted by molar-refractivity contribution is -0.155. The minimum Gasteiger partial charge on any atom is -0.467 e. The molecule has 0 spiro atoms. The fourth-order valence-electron chi connectivity index (χ4n) is 3.98. The quantitative estimate of drug-likeness (QED) is 0.131. The number of methoxy groups -OCH3 is 2. The van der Waals surface area contributed by atoms with Crippen molar-refractivity contribution < 1.29 is 23.5 Å². The Morgan fingerprint density at radius 1 is 0.971 bits per heavy atom. The predicted molar refractivity (Wildman–Crippen MR) is 132 cm³/mol. The molecule has 9 nitrogen and oxygen atoms in total. The second kappa shape index (κ2) is 12.3. The fraction of sp³-hybridized carbons (Fsp3) is 0.417. The Kier molecular flexibility index (Phi) is 9.82. The Bertz CT molecular complexity index is 936. The summed E-state index contributed by atoms with van der Waals surface area (Å²) in [6.07, 6.45) is 0. The number of carbonyl (C=O) groups excluding carboxylic acids is 2. The molecule has 182 valence electrons. The van der Waals surface area contributed by atoms with Crippen LogP contribution in [0.5, 0.6) is 0 Å². The molecule has 0 aliphatic heterocycles. The van der Waals surface area contributed by atoms with Gasteiger partial charge in [-0.15, -0.1) is 0 Å². The molecular weight excluding hydrogens is 452 g/mol. The Morgan fingerprint density at radius 2 is 1.44 bits per heavy atom. The first-order valence-corrected chi connectivity index (χ1v) is 12.8. The highest BCUT2D eigenvalue weighted by molar-refractivity contribution is 6.99. The number of esters is 2. The Hall–Kier alpha value is -3.17. The molecule has 2 aromatic carbocycles. The molecule has 0 saturated heterocycles. The van der Waals surface area contributed by atoms with Crippen molar-refractivity contribution in [1.82, 2.24) is 5.32 Å². The third-order valence-electron chi connectivity index (χ3n) is 5.56. The van der Waals surface area contributed by atoms with Crippen LogP contribution in [0.2, 0.25) is 5.04 Å². The van der Waals surface area contributed by atoms with Crippen LogP contribution in [0.15, 0.2) is 65.8 Å². The normalized spacial score (nSPS) is 12.5. The summed E-state index contributed by atoms with van der Waals surface area (Å²) < 4.78 is 16.3. The van der Waals surface area contributed by atoms with Crippen molar-refractivity contribution >= 4 is 30.6 Å². The zero-order valence-electron chi connectivity index (χ0n) is 20.2. The largest absolute Gasteiger partial charge is 0.467 e. The third-order valence-corrected chi connectivity index (χ3v) is 10.6. The number of rotatable bonds is 11. The summed E-state index contributed by atoms with van der Waals surface area (Å²) in [5, 5.41) is 8.43. The molecule has 0 aliphatic rings. The van der Waals surface area contributed by atoms with Gasteiger partial charge in [0.15, 0.2) is 0 Å². The van der Waals surface area contributed by atoms with Crippen LogP contribution in [0.3, 0.4) is 0 Å². The van der Waals surface area contributed by atoms with Gasteiger partial charge in [-0.05, 0) is 20.9 Å². The number of carbonyl (C=O) groups is 2. The molecule has 0 heterocycles. The molecular formula is C24H32N4O5Si. The molecule has 2 aromatic rings. The van der Waals surface area contributed by atoms with Gasteiger partial charge in [0.05, 0.1) is 20.8 Å². The van der Waals surface area contributed by atoms with Crippen molar-refractivity contribution in [3.63, 3.8) is 0 Å². The van der Waals surface area contributed by atoms with E-state index in [1.165, 1.54) is 14.2 Å². The molecule has 34 heavy (non-hydrogen) atoms. The summed E-state index contributed by atoms with van der Waals surface area (Å²) in [5.74, 6) is -1.61. The van der Waals surface area contributed by atoms with Crippen LogP contribution in [0.25, 0.3) is 10.4 Å². The van der Waals surface area contributed by atoms with Crippen molar-refractivity contribution in [1.29, 1.82) is 0 Å². The predicted octanol–water partition coefficient (Wildman–Crippen LogP) is 2.55. The molecule has 0 radical (unpaired) electrons. The summed E-state index contributed by atoms with van der Waals surface area (Å²) in [7, 11) is -0.517. The average Bonchev–Trinajstić information content (AvgIpc) is 2.85. The Morgan fingerprint density at radius 3 is 1.82 bits per heavy atom. The van der Waals surface area contributed by atoms with Crippen molar-refractivity contribution in [2.24, 2.45) is 5.11 Å². The molecule has 0 bridgehead atoms. The number of benzene rings is 2. The summed E-state index contributed by atoms with van der Waals surface area (Å²) in [6, 6.07) is 18.1. The second-order valence-corrected chi connectivity index (χ2v) is 13.0. The first kappa shape index (κ1) is 27.1. The molecule has 0 unspecified atom stereocenters. The number of hydrogen-bond donors (Lipinski definition) is 1. The van der Waals surface area contributed by atoms with Crippen molar-refractivity contribution in [2.45, 2.75) is 37.9 Å². The van der Waals surface area contributed by atoms with Gasteiger partial charge in [0.1, 0.15) is 0 Å². The smallest absolute Gasteiger partial charge is 0.334 e. The number of ether oxygens (including phenoxy) is 2. The fourth-order valence-corrected chi connectivity index (χ4v) is 8.59. The van der Waals surface area contributed by atoms with Gasteiger partial charge in [0, 0.05) is 17.5 Å². The summed E-state index contributed by atoms with van der Waals surface area (Å²) in [6.45, 7) is 6.46. The van der Waals surface area contributed by atoms with Crippen LogP contribution < -0.4 is 15.7 Å². The van der Waals surface area contributed by atoms with Gasteiger partial charge in [-0.2, -0.15) is 0 Å². The van der Waals surface area contributed by atoms with E-state index in [-0.39, 0.29) is 18.2 Å². The van der Waals surface area contributed by atoms with E-state index >= 15 is 0 Å². The summed E-state index contributed by atoms with van der Waals surface area (Å²) in [4.78, 5) is 27.2. The molecule has 0 amide bonds. The van der Waals surface area contributed by atoms with Crippen LogP contribution in [0.1, 0.15) is 20.8 Å². The maximum Gasteiger partial charge on any atom is 0.334 e. The number of nitrogens with zero attached hydrogens (tertiary/aromatic N) is 3. The molecule has 10 heteroatoms. The van der Waals surface area contributed by atoms with E-state index in [1.807, 2.05) is 36.4 Å². The van der Waals surface area contributed by atoms with Crippen LogP contribution in [-0.4, -0.2) is 59.7 Å². The maximum atomic E-state index is 12.2. The SMILES string of the molecule is COC(=O)C(N[C@H](CN=[N+]=[N-])CO[Si](c1ccccc1)(c1ccccc1)C(C)(C)C)C(=O)OC. The Balaban J connectivity index is 2.50. The first-order valence-electron chi connectivity index (χ1n) is 10.9. The van der Waals surface area contributed by atoms with E-state index in [1.54, 1.807) is 0 Å². The van der Waals surface area contributed by atoms with Crippen molar-refractivity contribution in [3.8, 4) is 0 Å². The summed E-state index contributed by atoms with van der Waals surface area (Å²) >= 11 is 0. The van der Waals surface area contributed by atoms with E-state index in [9.17, 15) is 9.59 Å². The van der Waals surface area contributed by atoms with E-state index in [4.69, 9.17) is 19.4 Å². The van der Waals surface area contributed by atoms with E-state index in [2.05, 4.69) is 60.4 Å². The van der Waals surface area contributed by atoms with E-state index in [0.29, 0.717) is 0 Å². The average molecular weight is 485 g/mol. The van der Waals surface area contributed by atoms with Crippen LogP contribution in [-0.2, 0) is 23.5 Å². The van der Waals surface area contributed by atoms with Crippen LogP contribution >= 0.6 is 0 Å². The maximum absolute atomic E-state index is 12.2. The molecule has 2 rings (SSSR count). The zero-order valence-corrected chi connectivity index (χ0v) is 21.2. The number of azide groups is 1. The van der Waals surface area contributed by atoms with Crippen LogP contribution in [0, 0.1) is 0 Å². The van der Waals surface area contributed by atoms with Crippen LogP contribution in [0.4, 0.5) is 0 Å². The molecule has 1 N–H and O–H groups in total. The van der Waals surface area contributed by atoms with Gasteiger partial charge in [0.2, 0.25) is 6.04 Å². The van der Waals surface area contributed by atoms with Gasteiger partial charge < -0.3 is 13.9 Å². The first-order chi connectivity index (χ1) is 16.2.